The summed E-state index contributed by atoms with van der Waals surface area (Å²) >= 11 is 5.40. The Hall–Kier alpha value is -2.68. The van der Waals surface area contributed by atoms with Gasteiger partial charge in [-0.2, -0.15) is 0 Å². The summed E-state index contributed by atoms with van der Waals surface area (Å²) in [5, 5.41) is 5.52. The molecule has 2 amide bonds. The van der Waals surface area contributed by atoms with Crippen molar-refractivity contribution in [1.82, 2.24) is 15.5 Å². The summed E-state index contributed by atoms with van der Waals surface area (Å²) in [4.78, 5) is 38.9. The Kier molecular flexibility index (Phi) is 11.1. The maximum absolute atomic E-state index is 12.7. The Morgan fingerprint density at radius 2 is 1.94 bits per heavy atom. The van der Waals surface area contributed by atoms with Crippen LogP contribution in [0.15, 0.2) is 24.3 Å². The minimum absolute atomic E-state index is 0.106. The quantitative estimate of drug-likeness (QED) is 0.287. The molecule has 1 aromatic rings. The van der Waals surface area contributed by atoms with E-state index >= 15 is 0 Å². The molecule has 182 valence electrons. The zero-order valence-electron chi connectivity index (χ0n) is 19.7. The standard InChI is InChI=1S/C24H35N3O5S/c1-4-5-6-14-31-19-9-7-18(8-10-19)22(29)26-24(33)27-13-12-25-23(30)20(27)16-21(28)32-15-11-17(2)3/h7-10,17,20H,4-6,11-16H2,1-3H3,(H,25,30)(H,26,29,33). The van der Waals surface area contributed by atoms with Crippen molar-refractivity contribution >= 4 is 35.1 Å². The molecule has 1 unspecified atom stereocenters. The Bertz CT molecular complexity index is 813. The van der Waals surface area contributed by atoms with Crippen LogP contribution in [0.1, 0.15) is 63.2 Å². The average Bonchev–Trinajstić information content (AvgIpc) is 2.78. The van der Waals surface area contributed by atoms with Gasteiger partial charge in [0.25, 0.3) is 5.91 Å². The maximum Gasteiger partial charge on any atom is 0.308 e. The van der Waals surface area contributed by atoms with Crippen molar-refractivity contribution in [1.29, 1.82) is 0 Å². The highest BCUT2D eigenvalue weighted by Crippen LogP contribution is 2.15. The Morgan fingerprint density at radius 3 is 2.61 bits per heavy atom. The van der Waals surface area contributed by atoms with Crippen molar-refractivity contribution in [3.8, 4) is 5.75 Å². The molecule has 1 atom stereocenters. The summed E-state index contributed by atoms with van der Waals surface area (Å²) in [7, 11) is 0. The highest BCUT2D eigenvalue weighted by molar-refractivity contribution is 7.80. The summed E-state index contributed by atoms with van der Waals surface area (Å²) in [6.45, 7) is 7.93. The Balaban J connectivity index is 1.92. The van der Waals surface area contributed by atoms with Crippen molar-refractivity contribution in [3.63, 3.8) is 0 Å². The zero-order valence-corrected chi connectivity index (χ0v) is 20.5. The number of ether oxygens (including phenoxy) is 2. The number of hydrogen-bond donors (Lipinski definition) is 2. The largest absolute Gasteiger partial charge is 0.494 e. The van der Waals surface area contributed by atoms with Crippen molar-refractivity contribution in [2.24, 2.45) is 5.92 Å². The van der Waals surface area contributed by atoms with Crippen LogP contribution in [0.25, 0.3) is 0 Å². The summed E-state index contributed by atoms with van der Waals surface area (Å²) in [5.74, 6) is -0.0536. The second-order valence-electron chi connectivity index (χ2n) is 8.45. The van der Waals surface area contributed by atoms with Crippen LogP contribution >= 0.6 is 12.2 Å². The second-order valence-corrected chi connectivity index (χ2v) is 8.83. The number of thiocarbonyl (C=S) groups is 1. The van der Waals surface area contributed by atoms with E-state index in [0.29, 0.717) is 43.5 Å². The molecule has 1 aromatic carbocycles. The number of nitrogens with one attached hydrogen (secondary N) is 2. The first-order valence-corrected chi connectivity index (χ1v) is 12.0. The van der Waals surface area contributed by atoms with E-state index < -0.39 is 12.0 Å². The number of carbonyl (C=O) groups excluding carboxylic acids is 3. The fourth-order valence-corrected chi connectivity index (χ4v) is 3.58. The first-order valence-electron chi connectivity index (χ1n) is 11.6. The molecule has 1 aliphatic heterocycles. The summed E-state index contributed by atoms with van der Waals surface area (Å²) in [5.41, 5.74) is 0.421. The van der Waals surface area contributed by atoms with Gasteiger partial charge in [0.05, 0.1) is 19.6 Å². The summed E-state index contributed by atoms with van der Waals surface area (Å²) < 4.78 is 10.9. The van der Waals surface area contributed by atoms with Gasteiger partial charge >= 0.3 is 5.97 Å². The normalized spacial score (nSPS) is 15.7. The molecular weight excluding hydrogens is 442 g/mol. The number of rotatable bonds is 11. The third-order valence-corrected chi connectivity index (χ3v) is 5.60. The molecular formula is C24H35N3O5S. The molecule has 0 aromatic heterocycles. The number of unbranched alkanes of at least 4 members (excludes halogenated alkanes) is 2. The molecule has 2 N–H and O–H groups in total. The minimum Gasteiger partial charge on any atom is -0.494 e. The van der Waals surface area contributed by atoms with E-state index in [9.17, 15) is 14.4 Å². The molecule has 0 spiro atoms. The Labute approximate surface area is 201 Å². The molecule has 8 nitrogen and oxygen atoms in total. The van der Waals surface area contributed by atoms with E-state index in [0.717, 1.165) is 25.7 Å². The van der Waals surface area contributed by atoms with E-state index in [-0.39, 0.29) is 23.3 Å². The van der Waals surface area contributed by atoms with Crippen LogP contribution in [-0.2, 0) is 14.3 Å². The van der Waals surface area contributed by atoms with Gasteiger partial charge in [-0.1, -0.05) is 33.6 Å². The van der Waals surface area contributed by atoms with Gasteiger partial charge in [0.15, 0.2) is 5.11 Å². The highest BCUT2D eigenvalue weighted by Gasteiger charge is 2.34. The van der Waals surface area contributed by atoms with E-state index in [1.165, 1.54) is 0 Å². The van der Waals surface area contributed by atoms with Gasteiger partial charge in [0.1, 0.15) is 11.8 Å². The van der Waals surface area contributed by atoms with Gasteiger partial charge in [-0.3, -0.25) is 19.7 Å². The number of nitrogens with zero attached hydrogens (tertiary/aromatic N) is 1. The van der Waals surface area contributed by atoms with Gasteiger partial charge in [0, 0.05) is 18.7 Å². The van der Waals surface area contributed by atoms with E-state index in [2.05, 4.69) is 17.6 Å². The van der Waals surface area contributed by atoms with E-state index in [1.807, 2.05) is 13.8 Å². The Morgan fingerprint density at radius 1 is 1.21 bits per heavy atom. The molecule has 0 aliphatic carbocycles. The van der Waals surface area contributed by atoms with Gasteiger partial charge < -0.3 is 19.7 Å². The van der Waals surface area contributed by atoms with Gasteiger partial charge in [0.2, 0.25) is 5.91 Å². The number of esters is 1. The maximum atomic E-state index is 12.7. The van der Waals surface area contributed by atoms with Crippen LogP contribution in [0.4, 0.5) is 0 Å². The van der Waals surface area contributed by atoms with Crippen LogP contribution < -0.4 is 15.4 Å². The first kappa shape index (κ1) is 26.6. The number of carbonyl (C=O) groups is 3. The number of piperazine rings is 1. The predicted octanol–water partition coefficient (Wildman–Crippen LogP) is 3.05. The first-order chi connectivity index (χ1) is 15.8. The lowest BCUT2D eigenvalue weighted by molar-refractivity contribution is -0.147. The van der Waals surface area contributed by atoms with Crippen LogP contribution in [0.2, 0.25) is 0 Å². The molecule has 0 bridgehead atoms. The predicted molar refractivity (Wildman–Crippen MR) is 130 cm³/mol. The summed E-state index contributed by atoms with van der Waals surface area (Å²) in [6.07, 6.45) is 3.85. The number of hydrogen-bond acceptors (Lipinski definition) is 6. The third-order valence-electron chi connectivity index (χ3n) is 5.26. The molecule has 1 saturated heterocycles. The lowest BCUT2D eigenvalue weighted by Crippen LogP contribution is -2.60. The SMILES string of the molecule is CCCCCOc1ccc(C(=O)NC(=S)N2CCNC(=O)C2CC(=O)OCCC(C)C)cc1. The third kappa shape index (κ3) is 9.00. The monoisotopic (exact) mass is 477 g/mol. The molecule has 1 fully saturated rings. The van der Waals surface area contributed by atoms with E-state index in [1.54, 1.807) is 29.2 Å². The summed E-state index contributed by atoms with van der Waals surface area (Å²) in [6, 6.07) is 6.00. The topological polar surface area (TPSA) is 97.0 Å². The second kappa shape index (κ2) is 13.8. The number of amides is 2. The van der Waals surface area contributed by atoms with Crippen molar-refractivity contribution < 1.29 is 23.9 Å². The lowest BCUT2D eigenvalue weighted by atomic mass is 10.1. The molecule has 2 rings (SSSR count). The molecule has 1 aliphatic rings. The van der Waals surface area contributed by atoms with Crippen LogP contribution in [0, 0.1) is 5.92 Å². The van der Waals surface area contributed by atoms with Crippen molar-refractivity contribution in [2.45, 2.75) is 58.9 Å². The smallest absolute Gasteiger partial charge is 0.308 e. The zero-order chi connectivity index (χ0) is 24.2. The van der Waals surface area contributed by atoms with Crippen LogP contribution in [0.3, 0.4) is 0 Å². The van der Waals surface area contributed by atoms with Crippen molar-refractivity contribution in [2.75, 3.05) is 26.3 Å². The fraction of sp³-hybridized carbons (Fsp3) is 0.583. The molecule has 0 radical (unpaired) electrons. The van der Waals surface area contributed by atoms with Crippen LogP contribution in [0.5, 0.6) is 5.75 Å². The minimum atomic E-state index is -0.822. The van der Waals surface area contributed by atoms with E-state index in [4.69, 9.17) is 21.7 Å². The van der Waals surface area contributed by atoms with Gasteiger partial charge in [-0.25, -0.2) is 0 Å². The lowest BCUT2D eigenvalue weighted by Gasteiger charge is -2.36. The number of benzene rings is 1. The van der Waals surface area contributed by atoms with Crippen molar-refractivity contribution in [3.05, 3.63) is 29.8 Å². The van der Waals surface area contributed by atoms with Crippen LogP contribution in [-0.4, -0.2) is 60.1 Å². The molecule has 0 saturated carbocycles. The fourth-order valence-electron chi connectivity index (χ4n) is 3.27. The molecule has 9 heteroatoms. The molecule has 33 heavy (non-hydrogen) atoms. The van der Waals surface area contributed by atoms with Gasteiger partial charge in [-0.15, -0.1) is 0 Å². The molecule has 1 heterocycles. The average molecular weight is 478 g/mol. The highest BCUT2D eigenvalue weighted by atomic mass is 32.1. The van der Waals surface area contributed by atoms with Gasteiger partial charge in [-0.05, 0) is 55.2 Å².